The van der Waals surface area contributed by atoms with Gasteiger partial charge in [0, 0.05) is 75.9 Å². The average Bonchev–Trinajstić information content (AvgIpc) is 3.30. The van der Waals surface area contributed by atoms with Crippen LogP contribution < -0.4 is 21.5 Å². The summed E-state index contributed by atoms with van der Waals surface area (Å²) in [5, 5.41) is 17.4. The van der Waals surface area contributed by atoms with Crippen molar-refractivity contribution >= 4 is 40.3 Å². The van der Waals surface area contributed by atoms with Crippen LogP contribution in [0.4, 0.5) is 14.9 Å². The zero-order valence-electron chi connectivity index (χ0n) is 37.5. The maximum Gasteiger partial charge on any atom is 0.412 e. The van der Waals surface area contributed by atoms with Crippen molar-refractivity contribution in [2.45, 2.75) is 59.0 Å². The van der Waals surface area contributed by atoms with Crippen molar-refractivity contribution in [3.8, 4) is 11.1 Å². The number of carbonyl (C=O) groups is 4. The smallest absolute Gasteiger partial charge is 0.412 e. The third kappa shape index (κ3) is 12.0. The van der Waals surface area contributed by atoms with Crippen molar-refractivity contribution < 1.29 is 28.3 Å². The van der Waals surface area contributed by atoms with Crippen LogP contribution in [0.15, 0.2) is 83.8 Å². The first-order valence-corrected chi connectivity index (χ1v) is 22.4. The molecular weight excluding hydrogens is 830 g/mol. The van der Waals surface area contributed by atoms with Gasteiger partial charge in [0.2, 0.25) is 5.91 Å². The van der Waals surface area contributed by atoms with Crippen LogP contribution >= 0.6 is 0 Å². The second-order valence-electron chi connectivity index (χ2n) is 17.6. The largest absolute Gasteiger partial charge is 0.444 e. The molecule has 2 saturated heterocycles. The number of pyridine rings is 1. The van der Waals surface area contributed by atoms with Gasteiger partial charge in [0.05, 0.1) is 28.9 Å². The Morgan fingerprint density at radius 3 is 2.25 bits per heavy atom. The highest BCUT2D eigenvalue weighted by atomic mass is 19.1. The van der Waals surface area contributed by atoms with Gasteiger partial charge in [-0.1, -0.05) is 55.5 Å². The summed E-state index contributed by atoms with van der Waals surface area (Å²) >= 11 is 0. The maximum atomic E-state index is 15.0. The Hall–Kier alpha value is -6.52. The number of anilines is 1. The fraction of sp³-hybridized carbons (Fsp3) is 0.408. The molecule has 0 radical (unpaired) electrons. The first-order chi connectivity index (χ1) is 31.3. The van der Waals surface area contributed by atoms with Gasteiger partial charge in [-0.2, -0.15) is 5.10 Å². The number of nitrogens with zero attached hydrogens (tertiary/aromatic N) is 5. The highest BCUT2D eigenvalue weighted by molar-refractivity contribution is 6.02. The molecule has 0 spiro atoms. The summed E-state index contributed by atoms with van der Waals surface area (Å²) in [6.07, 6.45) is 3.80. The zero-order valence-corrected chi connectivity index (χ0v) is 37.5. The Morgan fingerprint density at radius 1 is 0.800 bits per heavy atom. The standard InChI is InChI=1S/C49H58FN9O6/c1-5-32-9-8-10-35(25-32)36-28-42(54-48(64)65-49(2,3)4)44(53-30-36)47(63)58-19-15-33(16-20-58)29-51-17-18-52-31-43(60)57-21-23-59(24-22-57)46(62)39-26-34(13-14-40(39)50)27-41-37-11-6-7-12-38(37)45(61)56-55-41/h6-14,25-26,28,30,33,51-52H,5,15-24,27,29,31H2,1-4H3,(H,54,64)(H,56,61). The second-order valence-corrected chi connectivity index (χ2v) is 17.6. The number of ether oxygens (including phenoxy) is 1. The van der Waals surface area contributed by atoms with Gasteiger partial charge < -0.3 is 30.1 Å². The zero-order chi connectivity index (χ0) is 46.1. The molecule has 65 heavy (non-hydrogen) atoms. The van der Waals surface area contributed by atoms with Gasteiger partial charge in [-0.15, -0.1) is 0 Å². The summed E-state index contributed by atoms with van der Waals surface area (Å²) in [6.45, 7) is 12.0. The molecule has 2 aliphatic rings. The Labute approximate surface area is 378 Å². The quantitative estimate of drug-likeness (QED) is 0.102. The molecule has 0 unspecified atom stereocenters. The van der Waals surface area contributed by atoms with Crippen molar-refractivity contribution in [1.29, 1.82) is 0 Å². The Bertz CT molecular complexity index is 2580. The van der Waals surface area contributed by atoms with E-state index in [4.69, 9.17) is 4.74 Å². The number of aromatic nitrogens is 3. The minimum absolute atomic E-state index is 0.0415. The average molecular weight is 888 g/mol. The number of hydrogen-bond acceptors (Lipinski definition) is 10. The number of H-pyrrole nitrogens is 1. The van der Waals surface area contributed by atoms with Gasteiger partial charge >= 0.3 is 6.09 Å². The molecule has 7 rings (SSSR count). The Kier molecular flexibility index (Phi) is 15.0. The minimum atomic E-state index is -0.717. The number of fused-ring (bicyclic) bond motifs is 1. The van der Waals surface area contributed by atoms with Crippen molar-refractivity contribution in [3.05, 3.63) is 123 Å². The molecule has 342 valence electrons. The predicted molar refractivity (Wildman–Crippen MR) is 247 cm³/mol. The van der Waals surface area contributed by atoms with Gasteiger partial charge in [-0.25, -0.2) is 19.3 Å². The van der Waals surface area contributed by atoms with E-state index in [9.17, 15) is 28.4 Å². The van der Waals surface area contributed by atoms with Gasteiger partial charge in [-0.05, 0) is 93.5 Å². The minimum Gasteiger partial charge on any atom is -0.444 e. The first kappa shape index (κ1) is 46.5. The first-order valence-electron chi connectivity index (χ1n) is 22.4. The number of aromatic amines is 1. The van der Waals surface area contributed by atoms with E-state index in [1.807, 2.05) is 24.3 Å². The molecule has 5 aromatic rings. The van der Waals surface area contributed by atoms with Gasteiger partial charge in [0.25, 0.3) is 17.4 Å². The van der Waals surface area contributed by atoms with Crippen LogP contribution in [0.1, 0.15) is 78.2 Å². The number of halogens is 1. The second kappa shape index (κ2) is 21.0. The fourth-order valence-corrected chi connectivity index (χ4v) is 8.23. The molecule has 0 bridgehead atoms. The number of rotatable bonds is 14. The number of piperidine rings is 1. The lowest BCUT2D eigenvalue weighted by Gasteiger charge is -2.35. The third-order valence-corrected chi connectivity index (χ3v) is 11.8. The van der Waals surface area contributed by atoms with E-state index in [2.05, 4.69) is 50.2 Å². The van der Waals surface area contributed by atoms with Gasteiger partial charge in [0.15, 0.2) is 5.69 Å². The van der Waals surface area contributed by atoms with Crippen LogP contribution in [0.5, 0.6) is 0 Å². The lowest BCUT2D eigenvalue weighted by molar-refractivity contribution is -0.131. The van der Waals surface area contributed by atoms with Gasteiger partial charge in [-0.3, -0.25) is 24.5 Å². The van der Waals surface area contributed by atoms with Crippen molar-refractivity contribution in [3.63, 3.8) is 0 Å². The van der Waals surface area contributed by atoms with E-state index in [0.29, 0.717) is 79.3 Å². The van der Waals surface area contributed by atoms with Crippen LogP contribution in [0.2, 0.25) is 0 Å². The SMILES string of the molecule is CCc1cccc(-c2cnc(C(=O)N3CCC(CNCCNCC(=O)N4CCN(C(=O)c5cc(Cc6n[nH]c(=O)c7ccccc67)ccc5F)CC4)CC3)c(NC(=O)OC(C)(C)C)c2)c1. The highest BCUT2D eigenvalue weighted by Gasteiger charge is 2.29. The maximum absolute atomic E-state index is 15.0. The normalized spacial score (nSPS) is 14.7. The predicted octanol–water partition coefficient (Wildman–Crippen LogP) is 5.64. The molecule has 0 atom stereocenters. The molecule has 2 aromatic heterocycles. The molecule has 4 heterocycles. The van der Waals surface area contributed by atoms with Crippen LogP contribution in [0.25, 0.3) is 21.9 Å². The van der Waals surface area contributed by atoms with E-state index in [-0.39, 0.29) is 48.3 Å². The van der Waals surface area contributed by atoms with Crippen LogP contribution in [-0.4, -0.2) is 125 Å². The monoisotopic (exact) mass is 887 g/mol. The van der Waals surface area contributed by atoms with E-state index < -0.39 is 23.4 Å². The number of carbonyl (C=O) groups excluding carboxylic acids is 4. The fourth-order valence-electron chi connectivity index (χ4n) is 8.23. The van der Waals surface area contributed by atoms with Crippen LogP contribution in [0.3, 0.4) is 0 Å². The van der Waals surface area contributed by atoms with Crippen molar-refractivity contribution in [2.75, 3.05) is 70.8 Å². The number of amides is 4. The van der Waals surface area contributed by atoms with Crippen LogP contribution in [0, 0.1) is 11.7 Å². The topological polar surface area (TPSA) is 182 Å². The summed E-state index contributed by atoms with van der Waals surface area (Å²) in [5.74, 6) is -1.01. The lowest BCUT2D eigenvalue weighted by Crippen LogP contribution is -2.52. The van der Waals surface area contributed by atoms with Crippen molar-refractivity contribution in [2.24, 2.45) is 5.92 Å². The molecular formula is C49H58FN9O6. The van der Waals surface area contributed by atoms with Crippen LogP contribution in [-0.2, 0) is 22.4 Å². The van der Waals surface area contributed by atoms with E-state index in [0.717, 1.165) is 36.9 Å². The molecule has 0 aliphatic carbocycles. The summed E-state index contributed by atoms with van der Waals surface area (Å²) in [6, 6.07) is 21.4. The van der Waals surface area contributed by atoms with Gasteiger partial charge in [0.1, 0.15) is 11.4 Å². The summed E-state index contributed by atoms with van der Waals surface area (Å²) in [4.78, 5) is 75.0. The Morgan fingerprint density at radius 2 is 1.51 bits per heavy atom. The number of hydrogen-bond donors (Lipinski definition) is 4. The highest BCUT2D eigenvalue weighted by Crippen LogP contribution is 2.28. The molecule has 4 N–H and O–H groups in total. The summed E-state index contributed by atoms with van der Waals surface area (Å²) < 4.78 is 20.5. The number of piperazine rings is 1. The molecule has 15 nitrogen and oxygen atoms in total. The third-order valence-electron chi connectivity index (χ3n) is 11.8. The number of benzene rings is 3. The molecule has 3 aromatic carbocycles. The van der Waals surface area contributed by atoms with Crippen molar-refractivity contribution in [1.82, 2.24) is 40.5 Å². The molecule has 2 aliphatic heterocycles. The summed E-state index contributed by atoms with van der Waals surface area (Å²) in [5.41, 5.74) is 3.61. The molecule has 2 fully saturated rings. The summed E-state index contributed by atoms with van der Waals surface area (Å²) in [7, 11) is 0. The lowest BCUT2D eigenvalue weighted by atomic mass is 9.96. The molecule has 16 heteroatoms. The van der Waals surface area contributed by atoms with E-state index in [1.54, 1.807) is 65.9 Å². The Balaban J connectivity index is 0.819. The number of nitrogens with one attached hydrogen (secondary N) is 4. The number of aryl methyl sites for hydroxylation is 1. The number of likely N-dealkylation sites (tertiary alicyclic amines) is 1. The molecule has 4 amide bonds. The molecule has 0 saturated carbocycles. The van der Waals surface area contributed by atoms with E-state index >= 15 is 0 Å². The van der Waals surface area contributed by atoms with E-state index in [1.165, 1.54) is 17.7 Å².